The lowest BCUT2D eigenvalue weighted by molar-refractivity contribution is 0.0984. The Balaban J connectivity index is 1.81. The van der Waals surface area contributed by atoms with E-state index < -0.39 is 0 Å². The number of ketones is 1. The van der Waals surface area contributed by atoms with E-state index in [4.69, 9.17) is 0 Å². The van der Waals surface area contributed by atoms with E-state index in [2.05, 4.69) is 28.1 Å². The fourth-order valence-corrected chi connectivity index (χ4v) is 3.08. The highest BCUT2D eigenvalue weighted by Crippen LogP contribution is 2.21. The molecule has 88 valence electrons. The molecule has 1 aromatic carbocycles. The zero-order valence-corrected chi connectivity index (χ0v) is 11.8. The Hall–Kier alpha value is -0.930. The Labute approximate surface area is 114 Å². The number of hydrogen-bond donors (Lipinski definition) is 0. The Kier molecular flexibility index (Phi) is 4.51. The van der Waals surface area contributed by atoms with E-state index in [0.717, 1.165) is 22.2 Å². The number of carbonyl (C=O) groups excluding carboxylic acids is 1. The molecule has 0 amide bonds. The molecule has 1 aromatic heterocycles. The van der Waals surface area contributed by atoms with Gasteiger partial charge >= 0.3 is 0 Å². The lowest BCUT2D eigenvalue weighted by atomic mass is 10.1. The normalized spacial score (nSPS) is 10.4. The predicted octanol–water partition coefficient (Wildman–Crippen LogP) is 4.72. The fraction of sp³-hybridized carbons (Fsp3) is 0.214. The van der Waals surface area contributed by atoms with Crippen LogP contribution in [0.3, 0.4) is 0 Å². The molecule has 0 unspecified atom stereocenters. The highest BCUT2D eigenvalue weighted by atomic mass is 79.9. The van der Waals surface area contributed by atoms with Crippen molar-refractivity contribution in [1.29, 1.82) is 0 Å². The van der Waals surface area contributed by atoms with Gasteiger partial charge in [-0.25, -0.2) is 0 Å². The monoisotopic (exact) mass is 308 g/mol. The van der Waals surface area contributed by atoms with E-state index in [0.29, 0.717) is 6.42 Å². The van der Waals surface area contributed by atoms with Gasteiger partial charge < -0.3 is 0 Å². The molecule has 0 bridgehead atoms. The number of benzene rings is 1. The molecular weight excluding hydrogens is 296 g/mol. The second kappa shape index (κ2) is 6.12. The summed E-state index contributed by atoms with van der Waals surface area (Å²) in [5.41, 5.74) is 1.30. The maximum atomic E-state index is 11.8. The van der Waals surface area contributed by atoms with Crippen molar-refractivity contribution >= 4 is 33.0 Å². The summed E-state index contributed by atoms with van der Waals surface area (Å²) in [5.74, 6) is 0.247. The van der Waals surface area contributed by atoms with Gasteiger partial charge in [0.15, 0.2) is 5.78 Å². The Bertz CT molecular complexity index is 490. The fourth-order valence-electron chi connectivity index (χ4n) is 1.68. The molecule has 0 saturated heterocycles. The van der Waals surface area contributed by atoms with Gasteiger partial charge in [-0.05, 0) is 40.4 Å². The summed E-state index contributed by atoms with van der Waals surface area (Å²) in [4.78, 5) is 12.7. The molecule has 0 saturated carbocycles. The summed E-state index contributed by atoms with van der Waals surface area (Å²) in [6.07, 6.45) is 2.51. The maximum absolute atomic E-state index is 11.8. The van der Waals surface area contributed by atoms with E-state index in [1.807, 2.05) is 29.6 Å². The van der Waals surface area contributed by atoms with E-state index in [9.17, 15) is 4.79 Å². The molecule has 2 aromatic rings. The van der Waals surface area contributed by atoms with Gasteiger partial charge in [0.2, 0.25) is 0 Å². The topological polar surface area (TPSA) is 17.1 Å². The summed E-state index contributed by atoms with van der Waals surface area (Å²) >= 11 is 4.87. The average Bonchev–Trinajstić information content (AvgIpc) is 2.77. The first kappa shape index (κ1) is 12.5. The van der Waals surface area contributed by atoms with Crippen molar-refractivity contribution < 1.29 is 4.79 Å². The highest BCUT2D eigenvalue weighted by molar-refractivity contribution is 9.10. The number of halogens is 1. The minimum atomic E-state index is 0.247. The SMILES string of the molecule is O=C(CCCc1ccccc1)c1cc(Br)cs1. The maximum Gasteiger partial charge on any atom is 0.172 e. The molecule has 0 atom stereocenters. The van der Waals surface area contributed by atoms with Gasteiger partial charge in [0, 0.05) is 16.3 Å². The van der Waals surface area contributed by atoms with Crippen LogP contribution in [0.15, 0.2) is 46.3 Å². The molecule has 0 N–H and O–H groups in total. The molecule has 1 heterocycles. The average molecular weight is 309 g/mol. The van der Waals surface area contributed by atoms with Crippen LogP contribution in [0, 0.1) is 0 Å². The van der Waals surface area contributed by atoms with E-state index in [-0.39, 0.29) is 5.78 Å². The molecule has 0 spiro atoms. The van der Waals surface area contributed by atoms with Crippen molar-refractivity contribution in [2.24, 2.45) is 0 Å². The summed E-state index contributed by atoms with van der Waals surface area (Å²) in [5, 5.41) is 1.95. The van der Waals surface area contributed by atoms with Gasteiger partial charge in [-0.2, -0.15) is 0 Å². The first-order valence-corrected chi connectivity index (χ1v) is 7.24. The Morgan fingerprint density at radius 2 is 2.00 bits per heavy atom. The van der Waals surface area contributed by atoms with Crippen molar-refractivity contribution in [2.75, 3.05) is 0 Å². The van der Waals surface area contributed by atoms with Crippen molar-refractivity contribution in [2.45, 2.75) is 19.3 Å². The van der Waals surface area contributed by atoms with E-state index in [1.165, 1.54) is 16.9 Å². The Morgan fingerprint density at radius 3 is 2.65 bits per heavy atom. The minimum Gasteiger partial charge on any atom is -0.293 e. The predicted molar refractivity (Wildman–Crippen MR) is 75.7 cm³/mol. The third-order valence-corrected chi connectivity index (χ3v) is 4.29. The van der Waals surface area contributed by atoms with Crippen LogP contribution in [0.1, 0.15) is 28.1 Å². The van der Waals surface area contributed by atoms with Gasteiger partial charge in [-0.15, -0.1) is 11.3 Å². The van der Waals surface area contributed by atoms with Crippen LogP contribution in [0.25, 0.3) is 0 Å². The number of aryl methyl sites for hydroxylation is 1. The van der Waals surface area contributed by atoms with Crippen LogP contribution in [0.2, 0.25) is 0 Å². The third-order valence-electron chi connectivity index (χ3n) is 2.55. The first-order chi connectivity index (χ1) is 8.25. The van der Waals surface area contributed by atoms with Gasteiger partial charge in [-0.3, -0.25) is 4.79 Å². The van der Waals surface area contributed by atoms with Crippen LogP contribution in [-0.2, 0) is 6.42 Å². The quantitative estimate of drug-likeness (QED) is 0.731. The molecule has 0 radical (unpaired) electrons. The minimum absolute atomic E-state index is 0.247. The van der Waals surface area contributed by atoms with Crippen molar-refractivity contribution in [3.05, 3.63) is 56.7 Å². The Morgan fingerprint density at radius 1 is 1.24 bits per heavy atom. The van der Waals surface area contributed by atoms with Crippen molar-refractivity contribution in [1.82, 2.24) is 0 Å². The first-order valence-electron chi connectivity index (χ1n) is 5.57. The third kappa shape index (κ3) is 3.79. The molecule has 17 heavy (non-hydrogen) atoms. The van der Waals surface area contributed by atoms with E-state index in [1.54, 1.807) is 0 Å². The lowest BCUT2D eigenvalue weighted by Crippen LogP contribution is -1.97. The largest absolute Gasteiger partial charge is 0.293 e. The molecular formula is C14H13BrOS. The molecule has 0 fully saturated rings. The van der Waals surface area contributed by atoms with Crippen LogP contribution >= 0.6 is 27.3 Å². The molecule has 3 heteroatoms. The number of carbonyl (C=O) groups is 1. The molecule has 0 aliphatic heterocycles. The summed E-state index contributed by atoms with van der Waals surface area (Å²) in [6.45, 7) is 0. The number of hydrogen-bond acceptors (Lipinski definition) is 2. The molecule has 0 aliphatic carbocycles. The number of thiophene rings is 1. The standard InChI is InChI=1S/C14H13BrOS/c15-12-9-14(17-10-12)13(16)8-4-7-11-5-2-1-3-6-11/h1-3,5-6,9-10H,4,7-8H2. The van der Waals surface area contributed by atoms with Crippen LogP contribution < -0.4 is 0 Å². The van der Waals surface area contributed by atoms with Crippen LogP contribution in [-0.4, -0.2) is 5.78 Å². The number of Topliss-reactive ketones (excluding diaryl/α,β-unsaturated/α-hetero) is 1. The zero-order chi connectivity index (χ0) is 12.1. The lowest BCUT2D eigenvalue weighted by Gasteiger charge is -2.00. The van der Waals surface area contributed by atoms with E-state index >= 15 is 0 Å². The molecule has 0 aliphatic rings. The highest BCUT2D eigenvalue weighted by Gasteiger charge is 2.08. The van der Waals surface area contributed by atoms with Gasteiger partial charge in [-0.1, -0.05) is 30.3 Å². The van der Waals surface area contributed by atoms with Crippen molar-refractivity contribution in [3.8, 4) is 0 Å². The second-order valence-electron chi connectivity index (χ2n) is 3.89. The molecule has 2 rings (SSSR count). The summed E-state index contributed by atoms with van der Waals surface area (Å²) < 4.78 is 0.994. The van der Waals surface area contributed by atoms with Gasteiger partial charge in [0.1, 0.15) is 0 Å². The van der Waals surface area contributed by atoms with Gasteiger partial charge in [0.25, 0.3) is 0 Å². The summed E-state index contributed by atoms with van der Waals surface area (Å²) in [7, 11) is 0. The van der Waals surface area contributed by atoms with Crippen LogP contribution in [0.5, 0.6) is 0 Å². The van der Waals surface area contributed by atoms with Gasteiger partial charge in [0.05, 0.1) is 4.88 Å². The summed E-state index contributed by atoms with van der Waals surface area (Å²) in [6, 6.07) is 12.2. The smallest absolute Gasteiger partial charge is 0.172 e. The zero-order valence-electron chi connectivity index (χ0n) is 9.36. The van der Waals surface area contributed by atoms with Crippen LogP contribution in [0.4, 0.5) is 0 Å². The second-order valence-corrected chi connectivity index (χ2v) is 5.72. The van der Waals surface area contributed by atoms with Crippen molar-refractivity contribution in [3.63, 3.8) is 0 Å². The molecule has 1 nitrogen and oxygen atoms in total. The number of rotatable bonds is 5.